The summed E-state index contributed by atoms with van der Waals surface area (Å²) in [6.07, 6.45) is 5.44. The summed E-state index contributed by atoms with van der Waals surface area (Å²) in [5.74, 6) is 0.797. The Morgan fingerprint density at radius 2 is 1.86 bits per heavy atom. The van der Waals surface area contributed by atoms with Crippen LogP contribution in [0, 0.1) is 5.92 Å². The van der Waals surface area contributed by atoms with Gasteiger partial charge in [-0.3, -0.25) is 0 Å². The van der Waals surface area contributed by atoms with Crippen LogP contribution in [0.5, 0.6) is 0 Å². The van der Waals surface area contributed by atoms with E-state index in [1.807, 2.05) is 0 Å². The Labute approximate surface area is 130 Å². The van der Waals surface area contributed by atoms with Crippen LogP contribution in [0.15, 0.2) is 24.3 Å². The molecule has 3 unspecified atom stereocenters. The molecule has 2 nitrogen and oxygen atoms in total. The third-order valence-electron chi connectivity index (χ3n) is 4.60. The molecule has 21 heavy (non-hydrogen) atoms. The molecule has 0 heterocycles. The lowest BCUT2D eigenvalue weighted by Gasteiger charge is -2.28. The quantitative estimate of drug-likeness (QED) is 0.880. The molecular weight excluding hydrogens is 258 g/mol. The van der Waals surface area contributed by atoms with Gasteiger partial charge in [-0.25, -0.2) is 0 Å². The first-order valence-corrected chi connectivity index (χ1v) is 8.34. The van der Waals surface area contributed by atoms with E-state index in [4.69, 9.17) is 10.5 Å². The van der Waals surface area contributed by atoms with Gasteiger partial charge in [-0.15, -0.1) is 0 Å². The van der Waals surface area contributed by atoms with E-state index in [1.165, 1.54) is 36.8 Å². The minimum Gasteiger partial charge on any atom is -0.376 e. The van der Waals surface area contributed by atoms with E-state index in [1.54, 1.807) is 0 Å². The molecule has 118 valence electrons. The van der Waals surface area contributed by atoms with Crippen molar-refractivity contribution in [3.8, 4) is 0 Å². The lowest BCUT2D eigenvalue weighted by Crippen LogP contribution is -2.26. The van der Waals surface area contributed by atoms with Crippen molar-refractivity contribution < 1.29 is 4.74 Å². The van der Waals surface area contributed by atoms with Crippen LogP contribution >= 0.6 is 0 Å². The first-order chi connectivity index (χ1) is 9.86. The van der Waals surface area contributed by atoms with Crippen LogP contribution in [0.3, 0.4) is 0 Å². The molecular formula is C19H31NO. The summed E-state index contributed by atoms with van der Waals surface area (Å²) in [7, 11) is 0. The van der Waals surface area contributed by atoms with Gasteiger partial charge in [-0.05, 0) is 35.3 Å². The molecule has 0 aromatic heterocycles. The maximum Gasteiger partial charge on any atom is 0.0663 e. The van der Waals surface area contributed by atoms with E-state index < -0.39 is 0 Å². The van der Waals surface area contributed by atoms with Gasteiger partial charge in [0.25, 0.3) is 0 Å². The first kappa shape index (κ1) is 16.5. The molecule has 1 aromatic carbocycles. The van der Waals surface area contributed by atoms with Gasteiger partial charge in [0.1, 0.15) is 0 Å². The summed E-state index contributed by atoms with van der Waals surface area (Å²) in [5, 5.41) is 0. The summed E-state index contributed by atoms with van der Waals surface area (Å²) < 4.78 is 6.04. The van der Waals surface area contributed by atoms with Crippen LogP contribution in [0.2, 0.25) is 0 Å². The zero-order valence-electron chi connectivity index (χ0n) is 14.1. The van der Waals surface area contributed by atoms with E-state index in [9.17, 15) is 0 Å². The Morgan fingerprint density at radius 3 is 2.43 bits per heavy atom. The van der Waals surface area contributed by atoms with Crippen molar-refractivity contribution in [3.63, 3.8) is 0 Å². The number of hydrogen-bond acceptors (Lipinski definition) is 2. The average molecular weight is 289 g/mol. The van der Waals surface area contributed by atoms with Crippen molar-refractivity contribution in [3.05, 3.63) is 35.4 Å². The maximum absolute atomic E-state index is 6.28. The second-order valence-corrected chi connectivity index (χ2v) is 7.71. The van der Waals surface area contributed by atoms with E-state index in [0.717, 1.165) is 5.92 Å². The summed E-state index contributed by atoms with van der Waals surface area (Å²) in [4.78, 5) is 0. The molecule has 0 bridgehead atoms. The highest BCUT2D eigenvalue weighted by atomic mass is 16.5. The predicted octanol–water partition coefficient (Wildman–Crippen LogP) is 4.58. The predicted molar refractivity (Wildman–Crippen MR) is 89.4 cm³/mol. The zero-order valence-corrected chi connectivity index (χ0v) is 14.1. The largest absolute Gasteiger partial charge is 0.376 e. The maximum atomic E-state index is 6.28. The van der Waals surface area contributed by atoms with Gasteiger partial charge in [-0.2, -0.15) is 0 Å². The second kappa shape index (κ2) is 6.93. The van der Waals surface area contributed by atoms with Crippen LogP contribution in [-0.4, -0.2) is 12.7 Å². The Kier molecular flexibility index (Phi) is 5.45. The number of ether oxygens (including phenoxy) is 1. The molecule has 0 spiro atoms. The van der Waals surface area contributed by atoms with Gasteiger partial charge in [0.15, 0.2) is 0 Å². The number of nitrogens with two attached hydrogens (primary N) is 1. The van der Waals surface area contributed by atoms with Gasteiger partial charge in [0.05, 0.1) is 18.8 Å². The van der Waals surface area contributed by atoms with Crippen molar-refractivity contribution in [2.24, 2.45) is 11.7 Å². The van der Waals surface area contributed by atoms with E-state index in [2.05, 4.69) is 52.0 Å². The molecule has 2 rings (SSSR count). The van der Waals surface area contributed by atoms with Gasteiger partial charge in [0.2, 0.25) is 0 Å². The van der Waals surface area contributed by atoms with E-state index >= 15 is 0 Å². The Morgan fingerprint density at radius 1 is 1.19 bits per heavy atom. The van der Waals surface area contributed by atoms with Crippen molar-refractivity contribution in [1.82, 2.24) is 0 Å². The fraction of sp³-hybridized carbons (Fsp3) is 0.684. The van der Waals surface area contributed by atoms with Crippen molar-refractivity contribution in [1.29, 1.82) is 0 Å². The molecule has 0 amide bonds. The molecule has 2 N–H and O–H groups in total. The molecule has 0 radical (unpaired) electrons. The molecule has 1 aromatic rings. The average Bonchev–Trinajstić information content (AvgIpc) is 2.44. The fourth-order valence-corrected chi connectivity index (χ4v) is 3.10. The molecule has 0 aliphatic heterocycles. The Bertz CT molecular complexity index is 432. The van der Waals surface area contributed by atoms with Gasteiger partial charge >= 0.3 is 0 Å². The van der Waals surface area contributed by atoms with Crippen LogP contribution in [0.4, 0.5) is 0 Å². The molecule has 1 fully saturated rings. The smallest absolute Gasteiger partial charge is 0.0663 e. The minimum absolute atomic E-state index is 0.0174. The lowest BCUT2D eigenvalue weighted by molar-refractivity contribution is 0.00851. The summed E-state index contributed by atoms with van der Waals surface area (Å²) in [5.41, 5.74) is 8.99. The van der Waals surface area contributed by atoms with Gasteiger partial charge < -0.3 is 10.5 Å². The number of rotatable bonds is 4. The normalized spacial score (nSPS) is 24.8. The highest BCUT2D eigenvalue weighted by molar-refractivity contribution is 5.29. The summed E-state index contributed by atoms with van der Waals surface area (Å²) in [6.45, 7) is 9.65. The highest BCUT2D eigenvalue weighted by Gasteiger charge is 2.20. The lowest BCUT2D eigenvalue weighted by atomic mass is 9.86. The SMILES string of the molecule is CC1CCCC(OCC(N)c2ccc(C(C)(C)C)cc2)C1. The third-order valence-corrected chi connectivity index (χ3v) is 4.60. The summed E-state index contributed by atoms with van der Waals surface area (Å²) >= 11 is 0. The monoisotopic (exact) mass is 289 g/mol. The number of benzene rings is 1. The van der Waals surface area contributed by atoms with Crippen LogP contribution in [0.25, 0.3) is 0 Å². The number of hydrogen-bond donors (Lipinski definition) is 1. The van der Waals surface area contributed by atoms with Crippen LogP contribution in [0.1, 0.15) is 70.5 Å². The van der Waals surface area contributed by atoms with E-state index in [0.29, 0.717) is 12.7 Å². The van der Waals surface area contributed by atoms with Crippen LogP contribution in [-0.2, 0) is 10.2 Å². The third kappa shape index (κ3) is 4.82. The highest BCUT2D eigenvalue weighted by Crippen LogP contribution is 2.27. The molecule has 1 aliphatic rings. The fourth-order valence-electron chi connectivity index (χ4n) is 3.10. The zero-order chi connectivity index (χ0) is 15.5. The van der Waals surface area contributed by atoms with Crippen molar-refractivity contribution in [2.75, 3.05) is 6.61 Å². The van der Waals surface area contributed by atoms with Crippen LogP contribution < -0.4 is 5.73 Å². The molecule has 0 saturated heterocycles. The topological polar surface area (TPSA) is 35.2 Å². The van der Waals surface area contributed by atoms with E-state index in [-0.39, 0.29) is 11.5 Å². The molecule has 1 aliphatic carbocycles. The second-order valence-electron chi connectivity index (χ2n) is 7.71. The summed E-state index contributed by atoms with van der Waals surface area (Å²) in [6, 6.07) is 8.67. The Balaban J connectivity index is 1.87. The molecule has 2 heteroatoms. The minimum atomic E-state index is -0.0174. The van der Waals surface area contributed by atoms with Crippen molar-refractivity contribution >= 4 is 0 Å². The Hall–Kier alpha value is -0.860. The van der Waals surface area contributed by atoms with Crippen molar-refractivity contribution in [2.45, 2.75) is 70.9 Å². The van der Waals surface area contributed by atoms with Gasteiger partial charge in [0, 0.05) is 0 Å². The molecule has 3 atom stereocenters. The molecule has 1 saturated carbocycles. The standard InChI is InChI=1S/C19H31NO/c1-14-6-5-7-17(12-14)21-13-18(20)15-8-10-16(11-9-15)19(2,3)4/h8-11,14,17-18H,5-7,12-13,20H2,1-4H3. The first-order valence-electron chi connectivity index (χ1n) is 8.34. The van der Waals surface area contributed by atoms with Gasteiger partial charge in [-0.1, -0.05) is 64.8 Å².